The highest BCUT2D eigenvalue weighted by Gasteiger charge is 2.06. The fourth-order valence-electron chi connectivity index (χ4n) is 2.22. The number of amides is 1. The molecule has 0 aliphatic heterocycles. The van der Waals surface area contributed by atoms with Crippen LogP contribution >= 0.6 is 11.6 Å². The van der Waals surface area contributed by atoms with Crippen LogP contribution in [0.4, 0.5) is 5.69 Å². The molecular weight excluding hydrogens is 328 g/mol. The second-order valence-corrected chi connectivity index (χ2v) is 5.53. The third-order valence-electron chi connectivity index (χ3n) is 3.50. The van der Waals surface area contributed by atoms with E-state index >= 15 is 0 Å². The van der Waals surface area contributed by atoms with Crippen molar-refractivity contribution in [3.05, 3.63) is 53.1 Å². The minimum absolute atomic E-state index is 0.0876. The van der Waals surface area contributed by atoms with Gasteiger partial charge in [-0.25, -0.2) is 0 Å². The maximum Gasteiger partial charge on any atom is 0.239 e. The molecule has 0 saturated heterocycles. The van der Waals surface area contributed by atoms with Gasteiger partial charge in [0.05, 0.1) is 31.5 Å². The van der Waals surface area contributed by atoms with Gasteiger partial charge >= 0.3 is 0 Å². The van der Waals surface area contributed by atoms with Crippen LogP contribution in [-0.4, -0.2) is 33.2 Å². The summed E-state index contributed by atoms with van der Waals surface area (Å²) >= 11 is 6.03. The molecule has 1 amide bonds. The van der Waals surface area contributed by atoms with Crippen molar-refractivity contribution < 1.29 is 14.3 Å². The Morgan fingerprint density at radius 2 is 1.83 bits per heavy atom. The summed E-state index contributed by atoms with van der Waals surface area (Å²) in [6, 6.07) is 13.0. The lowest BCUT2D eigenvalue weighted by molar-refractivity contribution is -0.119. The maximum absolute atomic E-state index is 11.9. The Hall–Kier alpha value is -2.40. The van der Waals surface area contributed by atoms with Crippen LogP contribution in [0, 0.1) is 0 Å². The minimum atomic E-state index is -0.0876. The first-order valence-corrected chi connectivity index (χ1v) is 7.98. The van der Waals surface area contributed by atoms with Gasteiger partial charge in [-0.2, -0.15) is 0 Å². The van der Waals surface area contributed by atoms with Gasteiger partial charge in [-0.15, -0.1) is 0 Å². The van der Waals surface area contributed by atoms with Crippen LogP contribution < -0.4 is 20.1 Å². The van der Waals surface area contributed by atoms with Crippen LogP contribution in [0.15, 0.2) is 42.5 Å². The van der Waals surface area contributed by atoms with Gasteiger partial charge in [0.1, 0.15) is 0 Å². The molecule has 0 heterocycles. The monoisotopic (exact) mass is 348 g/mol. The zero-order valence-electron chi connectivity index (χ0n) is 13.8. The number of carbonyl (C=O) groups is 1. The molecule has 0 aliphatic carbocycles. The van der Waals surface area contributed by atoms with Gasteiger partial charge in [0, 0.05) is 6.54 Å². The van der Waals surface area contributed by atoms with Gasteiger partial charge in [0.25, 0.3) is 0 Å². The number of carbonyl (C=O) groups excluding carboxylic acids is 1. The van der Waals surface area contributed by atoms with E-state index in [1.165, 1.54) is 0 Å². The molecule has 2 aromatic rings. The predicted octanol–water partition coefficient (Wildman–Crippen LogP) is 3.13. The second kappa shape index (κ2) is 9.03. The molecule has 0 fully saturated rings. The van der Waals surface area contributed by atoms with Crippen molar-refractivity contribution in [1.29, 1.82) is 0 Å². The molecule has 2 aromatic carbocycles. The van der Waals surface area contributed by atoms with Crippen molar-refractivity contribution in [2.75, 3.05) is 32.6 Å². The van der Waals surface area contributed by atoms with Gasteiger partial charge in [0.2, 0.25) is 5.91 Å². The maximum atomic E-state index is 11.9. The lowest BCUT2D eigenvalue weighted by Gasteiger charge is -2.11. The summed E-state index contributed by atoms with van der Waals surface area (Å²) in [5.41, 5.74) is 1.81. The number of nitrogens with one attached hydrogen (secondary N) is 2. The molecule has 5 nitrogen and oxygen atoms in total. The number of anilines is 1. The third-order valence-corrected chi connectivity index (χ3v) is 3.83. The number of para-hydroxylation sites is 1. The molecule has 0 bridgehead atoms. The number of ether oxygens (including phenoxy) is 2. The van der Waals surface area contributed by atoms with E-state index in [-0.39, 0.29) is 12.5 Å². The van der Waals surface area contributed by atoms with Gasteiger partial charge in [-0.3, -0.25) is 4.79 Å². The fourth-order valence-corrected chi connectivity index (χ4v) is 2.43. The van der Waals surface area contributed by atoms with Crippen LogP contribution in [0.3, 0.4) is 0 Å². The van der Waals surface area contributed by atoms with Crippen LogP contribution in [0.1, 0.15) is 5.56 Å². The van der Waals surface area contributed by atoms with Gasteiger partial charge < -0.3 is 20.1 Å². The Balaban J connectivity index is 1.77. The highest BCUT2D eigenvalue weighted by Crippen LogP contribution is 2.27. The molecular formula is C18H21ClN2O3. The van der Waals surface area contributed by atoms with Crippen molar-refractivity contribution in [2.24, 2.45) is 0 Å². The molecule has 0 saturated carbocycles. The van der Waals surface area contributed by atoms with E-state index in [1.54, 1.807) is 20.3 Å². The largest absolute Gasteiger partial charge is 0.493 e. The van der Waals surface area contributed by atoms with Crippen LogP contribution in [0.5, 0.6) is 11.5 Å². The van der Waals surface area contributed by atoms with E-state index in [1.807, 2.05) is 36.4 Å². The van der Waals surface area contributed by atoms with Gasteiger partial charge in [-0.1, -0.05) is 29.8 Å². The van der Waals surface area contributed by atoms with Crippen LogP contribution in [0.2, 0.25) is 5.02 Å². The lowest BCUT2D eigenvalue weighted by atomic mass is 10.1. The topological polar surface area (TPSA) is 59.6 Å². The first kappa shape index (κ1) is 17.9. The Labute approximate surface area is 146 Å². The van der Waals surface area contributed by atoms with Crippen LogP contribution in [-0.2, 0) is 11.2 Å². The van der Waals surface area contributed by atoms with E-state index in [0.29, 0.717) is 29.5 Å². The minimum Gasteiger partial charge on any atom is -0.493 e. The quantitative estimate of drug-likeness (QED) is 0.769. The summed E-state index contributed by atoms with van der Waals surface area (Å²) in [5, 5.41) is 6.48. The van der Waals surface area contributed by atoms with Crippen LogP contribution in [0.25, 0.3) is 0 Å². The first-order valence-electron chi connectivity index (χ1n) is 7.60. The van der Waals surface area contributed by atoms with Crippen molar-refractivity contribution in [3.8, 4) is 11.5 Å². The normalized spacial score (nSPS) is 10.1. The number of halogens is 1. The van der Waals surface area contributed by atoms with Crippen molar-refractivity contribution in [2.45, 2.75) is 6.42 Å². The SMILES string of the molecule is COc1ccc(CCNC(=O)CNc2ccccc2Cl)cc1OC. The number of rotatable bonds is 8. The summed E-state index contributed by atoms with van der Waals surface area (Å²) < 4.78 is 10.5. The smallest absolute Gasteiger partial charge is 0.239 e. The van der Waals surface area contributed by atoms with E-state index in [4.69, 9.17) is 21.1 Å². The summed E-state index contributed by atoms with van der Waals surface area (Å²) in [6.45, 7) is 0.716. The fraction of sp³-hybridized carbons (Fsp3) is 0.278. The number of hydrogen-bond acceptors (Lipinski definition) is 4. The zero-order valence-corrected chi connectivity index (χ0v) is 14.5. The molecule has 0 radical (unpaired) electrons. The van der Waals surface area contributed by atoms with E-state index in [2.05, 4.69) is 10.6 Å². The zero-order chi connectivity index (χ0) is 17.4. The van der Waals surface area contributed by atoms with E-state index in [9.17, 15) is 4.79 Å². The summed E-state index contributed by atoms with van der Waals surface area (Å²) in [5.74, 6) is 1.28. The number of benzene rings is 2. The standard InChI is InChI=1S/C18H21ClN2O3/c1-23-16-8-7-13(11-17(16)24-2)9-10-20-18(22)12-21-15-6-4-3-5-14(15)19/h3-8,11,21H,9-10,12H2,1-2H3,(H,20,22). The Kier molecular flexibility index (Phi) is 6.75. The molecule has 2 rings (SSSR count). The molecule has 0 atom stereocenters. The molecule has 0 unspecified atom stereocenters. The molecule has 24 heavy (non-hydrogen) atoms. The Morgan fingerprint density at radius 3 is 2.54 bits per heavy atom. The van der Waals surface area contributed by atoms with Gasteiger partial charge in [-0.05, 0) is 36.2 Å². The molecule has 128 valence electrons. The molecule has 0 spiro atoms. The predicted molar refractivity (Wildman–Crippen MR) is 96.2 cm³/mol. The average molecular weight is 349 g/mol. The lowest BCUT2D eigenvalue weighted by Crippen LogP contribution is -2.31. The number of hydrogen-bond donors (Lipinski definition) is 2. The molecule has 2 N–H and O–H groups in total. The Morgan fingerprint density at radius 1 is 1.08 bits per heavy atom. The molecule has 0 aromatic heterocycles. The summed E-state index contributed by atoms with van der Waals surface area (Å²) in [4.78, 5) is 11.9. The van der Waals surface area contributed by atoms with Gasteiger partial charge in [0.15, 0.2) is 11.5 Å². The summed E-state index contributed by atoms with van der Waals surface area (Å²) in [7, 11) is 3.20. The van der Waals surface area contributed by atoms with E-state index < -0.39 is 0 Å². The van der Waals surface area contributed by atoms with Crippen molar-refractivity contribution in [1.82, 2.24) is 5.32 Å². The molecule has 6 heteroatoms. The number of methoxy groups -OCH3 is 2. The second-order valence-electron chi connectivity index (χ2n) is 5.12. The van der Waals surface area contributed by atoms with Crippen molar-refractivity contribution >= 4 is 23.2 Å². The highest BCUT2D eigenvalue weighted by atomic mass is 35.5. The Bertz CT molecular complexity index is 692. The van der Waals surface area contributed by atoms with E-state index in [0.717, 1.165) is 11.3 Å². The highest BCUT2D eigenvalue weighted by molar-refractivity contribution is 6.33. The molecule has 0 aliphatic rings. The average Bonchev–Trinajstić information content (AvgIpc) is 2.61. The van der Waals surface area contributed by atoms with Crippen molar-refractivity contribution in [3.63, 3.8) is 0 Å². The first-order chi connectivity index (χ1) is 11.6. The third kappa shape index (κ3) is 5.06. The summed E-state index contributed by atoms with van der Waals surface area (Å²) in [6.07, 6.45) is 0.707.